The van der Waals surface area contributed by atoms with Gasteiger partial charge in [-0.05, 0) is 47.0 Å². The van der Waals surface area contributed by atoms with Crippen LogP contribution in [-0.2, 0) is 6.42 Å². The summed E-state index contributed by atoms with van der Waals surface area (Å²) in [5, 5.41) is 4.84. The van der Waals surface area contributed by atoms with Crippen LogP contribution in [0, 0.1) is 6.92 Å². The number of hydrogen-bond acceptors (Lipinski definition) is 3. The summed E-state index contributed by atoms with van der Waals surface area (Å²) in [5.74, 6) is 0.632. The zero-order chi connectivity index (χ0) is 11.8. The number of nitrogens with zero attached hydrogens (tertiary/aromatic N) is 1. The van der Waals surface area contributed by atoms with E-state index in [1.54, 1.807) is 0 Å². The van der Waals surface area contributed by atoms with E-state index in [0.717, 1.165) is 6.54 Å². The number of aromatic nitrogens is 1. The van der Waals surface area contributed by atoms with Gasteiger partial charge in [0.15, 0.2) is 0 Å². The Balaban J connectivity index is 2.07. The molecular formula is C13H22N2S. The lowest BCUT2D eigenvalue weighted by Gasteiger charge is -2.27. The molecule has 1 heterocycles. The van der Waals surface area contributed by atoms with Crippen LogP contribution in [0.25, 0.3) is 0 Å². The fourth-order valence-electron chi connectivity index (χ4n) is 2.26. The van der Waals surface area contributed by atoms with Gasteiger partial charge in [-0.25, -0.2) is 4.98 Å². The predicted octanol–water partition coefficient (Wildman–Crippen LogP) is 3.26. The second kappa shape index (κ2) is 4.46. The van der Waals surface area contributed by atoms with Crippen LogP contribution in [0.3, 0.4) is 0 Å². The van der Waals surface area contributed by atoms with Crippen molar-refractivity contribution in [2.45, 2.75) is 58.4 Å². The van der Waals surface area contributed by atoms with Gasteiger partial charge in [0.1, 0.15) is 0 Å². The Hall–Kier alpha value is -0.410. The van der Waals surface area contributed by atoms with E-state index in [-0.39, 0.29) is 5.54 Å². The van der Waals surface area contributed by atoms with E-state index in [1.165, 1.54) is 34.8 Å². The van der Waals surface area contributed by atoms with E-state index in [2.05, 4.69) is 33.0 Å². The molecule has 0 aliphatic heterocycles. The monoisotopic (exact) mass is 238 g/mol. The van der Waals surface area contributed by atoms with Gasteiger partial charge in [-0.1, -0.05) is 0 Å². The molecule has 0 saturated carbocycles. The number of fused-ring (bicyclic) bond motifs is 1. The third-order valence-corrected chi connectivity index (χ3v) is 4.10. The first kappa shape index (κ1) is 12.1. The molecule has 1 unspecified atom stereocenters. The molecule has 1 atom stereocenters. The van der Waals surface area contributed by atoms with Crippen molar-refractivity contribution in [1.29, 1.82) is 0 Å². The molecule has 90 valence electrons. The summed E-state index contributed by atoms with van der Waals surface area (Å²) in [7, 11) is 0. The second-order valence-electron chi connectivity index (χ2n) is 5.76. The quantitative estimate of drug-likeness (QED) is 0.855. The molecule has 0 radical (unpaired) electrons. The standard InChI is InChI=1S/C13H22N2S/c1-9-15-12-10(8-14-13(2,3)4)6-5-7-11(12)16-9/h10,14H,5-8H2,1-4H3. The van der Waals surface area contributed by atoms with Gasteiger partial charge in [0.25, 0.3) is 0 Å². The second-order valence-corrected chi connectivity index (χ2v) is 7.05. The highest BCUT2D eigenvalue weighted by Crippen LogP contribution is 2.34. The van der Waals surface area contributed by atoms with Gasteiger partial charge in [0.2, 0.25) is 0 Å². The lowest BCUT2D eigenvalue weighted by molar-refractivity contribution is 0.388. The minimum Gasteiger partial charge on any atom is -0.311 e. The Morgan fingerprint density at radius 3 is 2.88 bits per heavy atom. The van der Waals surface area contributed by atoms with Crippen molar-refractivity contribution >= 4 is 11.3 Å². The molecule has 2 rings (SSSR count). The van der Waals surface area contributed by atoms with Crippen LogP contribution >= 0.6 is 11.3 Å². The molecule has 0 aromatic carbocycles. The smallest absolute Gasteiger partial charge is 0.0900 e. The maximum absolute atomic E-state index is 4.71. The summed E-state index contributed by atoms with van der Waals surface area (Å²) in [6, 6.07) is 0. The van der Waals surface area contributed by atoms with Crippen molar-refractivity contribution in [3.63, 3.8) is 0 Å². The SMILES string of the molecule is Cc1nc2c(s1)CCCC2CNC(C)(C)C. The first-order valence-electron chi connectivity index (χ1n) is 6.17. The zero-order valence-corrected chi connectivity index (χ0v) is 11.6. The molecule has 0 bridgehead atoms. The van der Waals surface area contributed by atoms with E-state index in [0.29, 0.717) is 5.92 Å². The highest BCUT2D eigenvalue weighted by Gasteiger charge is 2.24. The fraction of sp³-hybridized carbons (Fsp3) is 0.769. The molecular weight excluding hydrogens is 216 g/mol. The van der Waals surface area contributed by atoms with E-state index < -0.39 is 0 Å². The van der Waals surface area contributed by atoms with Crippen LogP contribution < -0.4 is 5.32 Å². The van der Waals surface area contributed by atoms with E-state index >= 15 is 0 Å². The molecule has 1 aromatic heterocycles. The third-order valence-electron chi connectivity index (χ3n) is 3.06. The van der Waals surface area contributed by atoms with Gasteiger partial charge in [-0.2, -0.15) is 0 Å². The summed E-state index contributed by atoms with van der Waals surface area (Å²) in [6.07, 6.45) is 3.86. The highest BCUT2D eigenvalue weighted by atomic mass is 32.1. The van der Waals surface area contributed by atoms with Gasteiger partial charge in [0.05, 0.1) is 10.7 Å². The molecule has 1 aliphatic carbocycles. The number of thiazole rings is 1. The van der Waals surface area contributed by atoms with Gasteiger partial charge in [-0.15, -0.1) is 11.3 Å². The third kappa shape index (κ3) is 2.83. The van der Waals surface area contributed by atoms with E-state index in [1.807, 2.05) is 11.3 Å². The lowest BCUT2D eigenvalue weighted by Crippen LogP contribution is -2.39. The van der Waals surface area contributed by atoms with E-state index in [9.17, 15) is 0 Å². The summed E-state index contributed by atoms with van der Waals surface area (Å²) >= 11 is 1.89. The van der Waals surface area contributed by atoms with Gasteiger partial charge in [0, 0.05) is 22.9 Å². The van der Waals surface area contributed by atoms with Crippen molar-refractivity contribution in [1.82, 2.24) is 10.3 Å². The van der Waals surface area contributed by atoms with Crippen LogP contribution in [0.15, 0.2) is 0 Å². The Bertz CT molecular complexity index is 362. The predicted molar refractivity (Wildman–Crippen MR) is 70.3 cm³/mol. The summed E-state index contributed by atoms with van der Waals surface area (Å²) < 4.78 is 0. The minimum absolute atomic E-state index is 0.211. The first-order valence-corrected chi connectivity index (χ1v) is 6.98. The summed E-state index contributed by atoms with van der Waals surface area (Å²) in [4.78, 5) is 6.24. The van der Waals surface area contributed by atoms with Crippen LogP contribution in [0.2, 0.25) is 0 Å². The van der Waals surface area contributed by atoms with E-state index in [4.69, 9.17) is 4.98 Å². The van der Waals surface area contributed by atoms with Gasteiger partial charge in [-0.3, -0.25) is 0 Å². The summed E-state index contributed by atoms with van der Waals surface area (Å²) in [6.45, 7) is 9.87. The zero-order valence-electron chi connectivity index (χ0n) is 10.8. The number of hydrogen-bond donors (Lipinski definition) is 1. The number of aryl methyl sites for hydroxylation is 2. The first-order chi connectivity index (χ1) is 7.46. The van der Waals surface area contributed by atoms with Crippen molar-refractivity contribution in [3.8, 4) is 0 Å². The van der Waals surface area contributed by atoms with Crippen molar-refractivity contribution in [2.75, 3.05) is 6.54 Å². The van der Waals surface area contributed by atoms with Crippen molar-refractivity contribution in [3.05, 3.63) is 15.6 Å². The number of rotatable bonds is 2. The largest absolute Gasteiger partial charge is 0.311 e. The summed E-state index contributed by atoms with van der Waals surface area (Å²) in [5.41, 5.74) is 1.59. The molecule has 0 fully saturated rings. The molecule has 0 spiro atoms. The van der Waals surface area contributed by atoms with Gasteiger partial charge >= 0.3 is 0 Å². The maximum atomic E-state index is 4.71. The molecule has 1 N–H and O–H groups in total. The number of nitrogens with one attached hydrogen (secondary N) is 1. The Morgan fingerprint density at radius 2 is 2.19 bits per heavy atom. The molecule has 0 saturated heterocycles. The molecule has 2 nitrogen and oxygen atoms in total. The van der Waals surface area contributed by atoms with Crippen LogP contribution in [-0.4, -0.2) is 17.1 Å². The Labute approximate surface area is 102 Å². The maximum Gasteiger partial charge on any atom is 0.0900 e. The molecule has 1 aliphatic rings. The average molecular weight is 238 g/mol. The minimum atomic E-state index is 0.211. The fourth-order valence-corrected chi connectivity index (χ4v) is 3.32. The lowest BCUT2D eigenvalue weighted by atomic mass is 9.90. The molecule has 1 aromatic rings. The Morgan fingerprint density at radius 1 is 1.44 bits per heavy atom. The molecule has 3 heteroatoms. The Kier molecular flexibility index (Phi) is 3.36. The topological polar surface area (TPSA) is 24.9 Å². The van der Waals surface area contributed by atoms with Crippen LogP contribution in [0.4, 0.5) is 0 Å². The molecule has 0 amide bonds. The van der Waals surface area contributed by atoms with Crippen molar-refractivity contribution < 1.29 is 0 Å². The highest BCUT2D eigenvalue weighted by molar-refractivity contribution is 7.11. The van der Waals surface area contributed by atoms with Crippen LogP contribution in [0.5, 0.6) is 0 Å². The van der Waals surface area contributed by atoms with Gasteiger partial charge < -0.3 is 5.32 Å². The normalized spacial score (nSPS) is 20.9. The van der Waals surface area contributed by atoms with Crippen molar-refractivity contribution in [2.24, 2.45) is 0 Å². The average Bonchev–Trinajstić information content (AvgIpc) is 2.54. The molecule has 16 heavy (non-hydrogen) atoms. The van der Waals surface area contributed by atoms with Crippen LogP contribution in [0.1, 0.15) is 55.1 Å².